The number of pyridine rings is 1. The highest BCUT2D eigenvalue weighted by Crippen LogP contribution is 2.08. The van der Waals surface area contributed by atoms with Crippen LogP contribution in [-0.2, 0) is 6.42 Å². The predicted molar refractivity (Wildman–Crippen MR) is 64.7 cm³/mol. The standard InChI is InChI=1S/C12H12N2S/c1-2-7-14-11(4-1)10-13-8-6-12-5-3-9-15-12/h1-5,7,9-10H,6,8H2. The summed E-state index contributed by atoms with van der Waals surface area (Å²) in [5.74, 6) is 0. The Morgan fingerprint density at radius 3 is 3.00 bits per heavy atom. The molecular formula is C12H12N2S. The fourth-order valence-electron chi connectivity index (χ4n) is 1.24. The summed E-state index contributed by atoms with van der Waals surface area (Å²) in [5, 5.41) is 2.10. The number of thiophene rings is 1. The molecule has 0 saturated carbocycles. The molecule has 0 radical (unpaired) electrons. The molecule has 0 bridgehead atoms. The molecule has 2 aromatic rings. The molecule has 0 unspecified atom stereocenters. The molecule has 0 fully saturated rings. The van der Waals surface area contributed by atoms with Gasteiger partial charge in [0.15, 0.2) is 0 Å². The van der Waals surface area contributed by atoms with Gasteiger partial charge in [-0.3, -0.25) is 9.98 Å². The van der Waals surface area contributed by atoms with E-state index in [1.807, 2.05) is 24.4 Å². The Morgan fingerprint density at radius 2 is 2.27 bits per heavy atom. The zero-order valence-corrected chi connectivity index (χ0v) is 9.15. The van der Waals surface area contributed by atoms with Crippen LogP contribution in [0.3, 0.4) is 0 Å². The van der Waals surface area contributed by atoms with Crippen LogP contribution >= 0.6 is 11.3 Å². The van der Waals surface area contributed by atoms with Crippen molar-refractivity contribution in [2.45, 2.75) is 6.42 Å². The predicted octanol–water partition coefficient (Wildman–Crippen LogP) is 2.80. The van der Waals surface area contributed by atoms with Gasteiger partial charge >= 0.3 is 0 Å². The maximum atomic E-state index is 4.34. The first-order chi connectivity index (χ1) is 7.45. The van der Waals surface area contributed by atoms with Crippen molar-refractivity contribution in [3.8, 4) is 0 Å². The first-order valence-electron chi connectivity index (χ1n) is 4.88. The molecule has 0 aliphatic carbocycles. The summed E-state index contributed by atoms with van der Waals surface area (Å²) >= 11 is 1.78. The molecule has 2 nitrogen and oxygen atoms in total. The lowest BCUT2D eigenvalue weighted by Gasteiger charge is -1.92. The van der Waals surface area contributed by atoms with Gasteiger partial charge in [0.25, 0.3) is 0 Å². The van der Waals surface area contributed by atoms with Crippen LogP contribution in [0.4, 0.5) is 0 Å². The third kappa shape index (κ3) is 3.29. The second kappa shape index (κ2) is 5.41. The van der Waals surface area contributed by atoms with Crippen LogP contribution in [0.1, 0.15) is 10.6 Å². The molecule has 0 atom stereocenters. The van der Waals surface area contributed by atoms with Crippen molar-refractivity contribution in [2.75, 3.05) is 6.54 Å². The van der Waals surface area contributed by atoms with E-state index >= 15 is 0 Å². The van der Waals surface area contributed by atoms with Crippen molar-refractivity contribution in [3.63, 3.8) is 0 Å². The maximum absolute atomic E-state index is 4.34. The summed E-state index contributed by atoms with van der Waals surface area (Å²) in [6, 6.07) is 10.0. The molecule has 2 rings (SSSR count). The van der Waals surface area contributed by atoms with Gasteiger partial charge in [-0.1, -0.05) is 12.1 Å². The van der Waals surface area contributed by atoms with Crippen LogP contribution in [0.15, 0.2) is 46.9 Å². The van der Waals surface area contributed by atoms with E-state index in [0.29, 0.717) is 0 Å². The summed E-state index contributed by atoms with van der Waals surface area (Å²) in [7, 11) is 0. The maximum Gasteiger partial charge on any atom is 0.0807 e. The Labute approximate surface area is 93.3 Å². The lowest BCUT2D eigenvalue weighted by molar-refractivity contribution is 0.992. The van der Waals surface area contributed by atoms with E-state index in [1.165, 1.54) is 4.88 Å². The minimum Gasteiger partial charge on any atom is -0.291 e. The van der Waals surface area contributed by atoms with Gasteiger partial charge in [0.1, 0.15) is 0 Å². The van der Waals surface area contributed by atoms with Crippen molar-refractivity contribution in [2.24, 2.45) is 4.99 Å². The molecule has 76 valence electrons. The Balaban J connectivity index is 1.81. The number of hydrogen-bond donors (Lipinski definition) is 0. The van der Waals surface area contributed by atoms with Crippen molar-refractivity contribution >= 4 is 17.6 Å². The Morgan fingerprint density at radius 1 is 1.27 bits per heavy atom. The van der Waals surface area contributed by atoms with Crippen molar-refractivity contribution in [1.29, 1.82) is 0 Å². The molecule has 0 amide bonds. The summed E-state index contributed by atoms with van der Waals surface area (Å²) in [6.07, 6.45) is 4.62. The van der Waals surface area contributed by atoms with Crippen molar-refractivity contribution in [3.05, 3.63) is 52.5 Å². The second-order valence-corrected chi connectivity index (χ2v) is 4.15. The largest absolute Gasteiger partial charge is 0.291 e. The van der Waals surface area contributed by atoms with E-state index in [0.717, 1.165) is 18.7 Å². The van der Waals surface area contributed by atoms with E-state index in [9.17, 15) is 0 Å². The highest BCUT2D eigenvalue weighted by atomic mass is 32.1. The van der Waals surface area contributed by atoms with Crippen LogP contribution in [0.5, 0.6) is 0 Å². The third-order valence-electron chi connectivity index (χ3n) is 1.98. The van der Waals surface area contributed by atoms with Crippen LogP contribution in [0.2, 0.25) is 0 Å². The van der Waals surface area contributed by atoms with Gasteiger partial charge in [0, 0.05) is 30.3 Å². The SMILES string of the molecule is C(=NCCc1cccs1)c1ccccn1. The summed E-state index contributed by atoms with van der Waals surface area (Å²) in [4.78, 5) is 9.88. The Kier molecular flexibility index (Phi) is 3.63. The molecule has 0 saturated heterocycles. The molecule has 0 aliphatic rings. The van der Waals surface area contributed by atoms with E-state index < -0.39 is 0 Å². The molecular weight excluding hydrogens is 204 g/mol. The first-order valence-corrected chi connectivity index (χ1v) is 5.76. The normalized spacial score (nSPS) is 10.9. The van der Waals surface area contributed by atoms with E-state index in [-0.39, 0.29) is 0 Å². The molecule has 2 aromatic heterocycles. The number of hydrogen-bond acceptors (Lipinski definition) is 3. The molecule has 0 aromatic carbocycles. The first kappa shape index (κ1) is 10.1. The quantitative estimate of drug-likeness (QED) is 0.721. The van der Waals surface area contributed by atoms with Crippen molar-refractivity contribution < 1.29 is 0 Å². The average molecular weight is 216 g/mol. The zero-order chi connectivity index (χ0) is 10.3. The summed E-state index contributed by atoms with van der Waals surface area (Å²) < 4.78 is 0. The molecule has 0 spiro atoms. The summed E-state index contributed by atoms with van der Waals surface area (Å²) in [6.45, 7) is 0.830. The Bertz CT molecular complexity index is 406. The van der Waals surface area contributed by atoms with E-state index in [1.54, 1.807) is 17.5 Å². The minimum absolute atomic E-state index is 0.830. The van der Waals surface area contributed by atoms with Crippen molar-refractivity contribution in [1.82, 2.24) is 4.98 Å². The van der Waals surface area contributed by atoms with Gasteiger partial charge in [-0.05, 0) is 23.6 Å². The van der Waals surface area contributed by atoms with Gasteiger partial charge in [-0.15, -0.1) is 11.3 Å². The topological polar surface area (TPSA) is 25.2 Å². The van der Waals surface area contributed by atoms with Gasteiger partial charge < -0.3 is 0 Å². The number of nitrogens with zero attached hydrogens (tertiary/aromatic N) is 2. The number of aromatic nitrogens is 1. The van der Waals surface area contributed by atoms with Crippen LogP contribution in [0.25, 0.3) is 0 Å². The molecule has 2 heterocycles. The van der Waals surface area contributed by atoms with Gasteiger partial charge in [0.2, 0.25) is 0 Å². The smallest absolute Gasteiger partial charge is 0.0807 e. The van der Waals surface area contributed by atoms with Crippen LogP contribution < -0.4 is 0 Å². The van der Waals surface area contributed by atoms with E-state index in [4.69, 9.17) is 0 Å². The number of rotatable bonds is 4. The minimum atomic E-state index is 0.830. The second-order valence-electron chi connectivity index (χ2n) is 3.12. The van der Waals surface area contributed by atoms with Gasteiger partial charge in [0.05, 0.1) is 5.69 Å². The van der Waals surface area contributed by atoms with Gasteiger partial charge in [-0.25, -0.2) is 0 Å². The fourth-order valence-corrected chi connectivity index (χ4v) is 1.94. The Hall–Kier alpha value is -1.48. The fraction of sp³-hybridized carbons (Fsp3) is 0.167. The number of aliphatic imine (C=N–C) groups is 1. The van der Waals surface area contributed by atoms with Crippen LogP contribution in [-0.4, -0.2) is 17.7 Å². The third-order valence-corrected chi connectivity index (χ3v) is 2.91. The van der Waals surface area contributed by atoms with Crippen LogP contribution in [0, 0.1) is 0 Å². The van der Waals surface area contributed by atoms with E-state index in [2.05, 4.69) is 27.5 Å². The highest BCUT2D eigenvalue weighted by Gasteiger charge is 1.91. The lowest BCUT2D eigenvalue weighted by Crippen LogP contribution is -1.89. The lowest BCUT2D eigenvalue weighted by atomic mass is 10.3. The monoisotopic (exact) mass is 216 g/mol. The molecule has 0 N–H and O–H groups in total. The highest BCUT2D eigenvalue weighted by molar-refractivity contribution is 7.09. The summed E-state index contributed by atoms with van der Waals surface area (Å²) in [5.41, 5.74) is 0.920. The molecule has 3 heteroatoms. The zero-order valence-electron chi connectivity index (χ0n) is 8.34. The molecule has 15 heavy (non-hydrogen) atoms. The average Bonchev–Trinajstić information content (AvgIpc) is 2.79. The molecule has 0 aliphatic heterocycles. The van der Waals surface area contributed by atoms with Gasteiger partial charge in [-0.2, -0.15) is 0 Å².